The molecular weight excluding hydrogens is 633 g/mol. The summed E-state index contributed by atoms with van der Waals surface area (Å²) < 4.78 is 37.8. The van der Waals surface area contributed by atoms with E-state index in [1.54, 1.807) is 0 Å². The van der Waals surface area contributed by atoms with E-state index in [4.69, 9.17) is 11.6 Å². The van der Waals surface area contributed by atoms with Gasteiger partial charge in [-0.2, -0.15) is 13.2 Å². The number of carboxylic acid groups (broad SMARTS) is 1. The Morgan fingerprint density at radius 3 is 2.57 bits per heavy atom. The molecular formula is C22H15ClF3N6O8S2-. The Morgan fingerprint density at radius 1 is 1.29 bits per heavy atom. The number of carbonyl (C=O) groups is 4. The molecule has 20 heteroatoms. The van der Waals surface area contributed by atoms with Crippen molar-refractivity contribution in [1.82, 2.24) is 15.2 Å². The predicted molar refractivity (Wildman–Crippen MR) is 139 cm³/mol. The van der Waals surface area contributed by atoms with Crippen molar-refractivity contribution in [2.24, 2.45) is 5.16 Å². The van der Waals surface area contributed by atoms with Gasteiger partial charge in [-0.3, -0.25) is 29.4 Å². The highest BCUT2D eigenvalue weighted by Crippen LogP contribution is 2.46. The predicted octanol–water partition coefficient (Wildman–Crippen LogP) is 1.11. The summed E-state index contributed by atoms with van der Waals surface area (Å²) in [5.74, 6) is -3.84. The number of nitro benzene ring substituents is 1. The Morgan fingerprint density at radius 2 is 1.98 bits per heavy atom. The van der Waals surface area contributed by atoms with Crippen LogP contribution in [0.1, 0.15) is 11.3 Å². The number of aliphatic carboxylic acids is 1. The van der Waals surface area contributed by atoms with Crippen LogP contribution in [0.15, 0.2) is 45.5 Å². The molecule has 1 aromatic heterocycles. The molecule has 222 valence electrons. The molecule has 42 heavy (non-hydrogen) atoms. The van der Waals surface area contributed by atoms with Crippen molar-refractivity contribution in [3.63, 3.8) is 0 Å². The monoisotopic (exact) mass is 647 g/mol. The second-order valence-electron chi connectivity index (χ2n) is 8.41. The minimum Gasteiger partial charge on any atom is -0.543 e. The van der Waals surface area contributed by atoms with E-state index in [0.717, 1.165) is 28.0 Å². The van der Waals surface area contributed by atoms with Gasteiger partial charge in [0.1, 0.15) is 17.1 Å². The molecule has 0 saturated carbocycles. The molecule has 3 heterocycles. The number of anilines is 1. The number of halogens is 4. The molecule has 2 aliphatic heterocycles. The first kappa shape index (κ1) is 30.7. The number of β-lactam (4-membered cyclic amide) rings is 1. The van der Waals surface area contributed by atoms with Gasteiger partial charge in [0.25, 0.3) is 17.5 Å². The smallest absolute Gasteiger partial charge is 0.425 e. The first-order valence-electron chi connectivity index (χ1n) is 11.4. The number of carbonyl (C=O) groups excluding carboxylic acids is 4. The van der Waals surface area contributed by atoms with E-state index in [1.165, 1.54) is 29.6 Å². The normalized spacial score (nSPS) is 20.4. The molecule has 4 rings (SSSR count). The van der Waals surface area contributed by atoms with Crippen molar-refractivity contribution in [2.75, 3.05) is 11.9 Å². The number of fused-ring (bicyclic) bond motifs is 1. The number of alkyl halides is 3. The number of hydrogen-bond acceptors (Lipinski definition) is 12. The molecule has 1 aromatic carbocycles. The zero-order valence-corrected chi connectivity index (χ0v) is 22.9. The van der Waals surface area contributed by atoms with Crippen LogP contribution in [0.25, 0.3) is 0 Å². The maximum Gasteiger partial charge on any atom is 0.425 e. The average Bonchev–Trinajstić information content (AvgIpc) is 3.38. The zero-order chi connectivity index (χ0) is 30.8. The van der Waals surface area contributed by atoms with Gasteiger partial charge in [-0.25, -0.2) is 4.98 Å². The highest BCUT2D eigenvalue weighted by molar-refractivity contribution is 8.01. The number of benzene rings is 1. The van der Waals surface area contributed by atoms with Crippen LogP contribution in [0.5, 0.6) is 0 Å². The molecule has 14 nitrogen and oxygen atoms in total. The molecule has 0 radical (unpaired) electrons. The summed E-state index contributed by atoms with van der Waals surface area (Å²) >= 11 is 8.15. The van der Waals surface area contributed by atoms with Gasteiger partial charge >= 0.3 is 6.18 Å². The van der Waals surface area contributed by atoms with Gasteiger partial charge in [-0.1, -0.05) is 28.9 Å². The lowest BCUT2D eigenvalue weighted by Gasteiger charge is -2.51. The van der Waals surface area contributed by atoms with Gasteiger partial charge in [0, 0.05) is 22.8 Å². The van der Waals surface area contributed by atoms with E-state index < -0.39 is 63.6 Å². The zero-order valence-electron chi connectivity index (χ0n) is 20.5. The molecule has 0 spiro atoms. The number of amides is 3. The van der Waals surface area contributed by atoms with Gasteiger partial charge in [-0.15, -0.1) is 23.1 Å². The summed E-state index contributed by atoms with van der Waals surface area (Å²) in [6, 6.07) is 4.02. The summed E-state index contributed by atoms with van der Waals surface area (Å²) in [5, 5.41) is 29.7. The lowest BCUT2D eigenvalue weighted by molar-refractivity contribution is -0.384. The Labute approximate surface area is 245 Å². The van der Waals surface area contributed by atoms with Gasteiger partial charge in [0.05, 0.1) is 21.6 Å². The van der Waals surface area contributed by atoms with Crippen molar-refractivity contribution in [3.8, 4) is 0 Å². The molecule has 2 aliphatic rings. The van der Waals surface area contributed by atoms with Crippen LogP contribution in [0.2, 0.25) is 0 Å². The molecule has 1 saturated heterocycles. The largest absolute Gasteiger partial charge is 0.543 e. The number of carboxylic acids is 1. The number of non-ortho nitro benzene ring substituents is 1. The van der Waals surface area contributed by atoms with Crippen molar-refractivity contribution in [1.29, 1.82) is 0 Å². The third-order valence-corrected chi connectivity index (χ3v) is 8.51. The Kier molecular flexibility index (Phi) is 9.02. The van der Waals surface area contributed by atoms with Crippen LogP contribution < -0.4 is 15.7 Å². The number of nitrogens with zero attached hydrogens (tertiary/aromatic N) is 4. The summed E-state index contributed by atoms with van der Waals surface area (Å²) in [5.41, 5.74) is -1.28. The Hall–Kier alpha value is -4.23. The van der Waals surface area contributed by atoms with E-state index in [2.05, 4.69) is 25.6 Å². The summed E-state index contributed by atoms with van der Waals surface area (Å²) in [6.45, 7) is -1.84. The van der Waals surface area contributed by atoms with E-state index >= 15 is 0 Å². The molecule has 3 amide bonds. The fraction of sp³-hybridized carbons (Fsp3) is 0.273. The van der Waals surface area contributed by atoms with Crippen molar-refractivity contribution in [3.05, 3.63) is 61.7 Å². The fourth-order valence-electron chi connectivity index (χ4n) is 3.85. The third-order valence-electron chi connectivity index (χ3n) is 5.67. The summed E-state index contributed by atoms with van der Waals surface area (Å²) in [6.07, 6.45) is -4.42. The number of hydrogen-bond donors (Lipinski definition) is 2. The van der Waals surface area contributed by atoms with E-state index in [0.29, 0.717) is 5.56 Å². The van der Waals surface area contributed by atoms with Crippen LogP contribution in [-0.2, 0) is 30.4 Å². The SMILES string of the molecule is O=CNc1nc(C(=NOCC(F)(F)F)C(=O)NC2C(=O)N3C(C(=O)[O-])=C(Cl)C(Cc4ccc([N+](=O)[O-])cc4)S[C@H]23)cs1. The highest BCUT2D eigenvalue weighted by Gasteiger charge is 2.55. The molecule has 0 aliphatic carbocycles. The number of thioether (sulfide) groups is 1. The van der Waals surface area contributed by atoms with Crippen LogP contribution in [0.4, 0.5) is 24.0 Å². The Bertz CT molecular complexity index is 1500. The molecule has 2 unspecified atom stereocenters. The minimum atomic E-state index is -4.79. The van der Waals surface area contributed by atoms with Crippen LogP contribution in [0, 0.1) is 10.1 Å². The number of rotatable bonds is 11. The second-order valence-corrected chi connectivity index (χ2v) is 11.0. The molecule has 0 bridgehead atoms. The number of nitro groups is 1. The summed E-state index contributed by atoms with van der Waals surface area (Å²) in [7, 11) is 0. The van der Waals surface area contributed by atoms with E-state index in [-0.39, 0.29) is 34.4 Å². The number of thiazole rings is 1. The topological polar surface area (TPSA) is 196 Å². The van der Waals surface area contributed by atoms with Crippen LogP contribution in [0.3, 0.4) is 0 Å². The van der Waals surface area contributed by atoms with Gasteiger partial charge in [-0.05, 0) is 12.0 Å². The molecule has 1 fully saturated rings. The van der Waals surface area contributed by atoms with Crippen molar-refractivity contribution >= 4 is 75.4 Å². The number of nitrogens with one attached hydrogen (secondary N) is 2. The van der Waals surface area contributed by atoms with E-state index in [1.807, 2.05) is 0 Å². The highest BCUT2D eigenvalue weighted by atomic mass is 35.5. The Balaban J connectivity index is 1.57. The third kappa shape index (κ3) is 6.63. The first-order chi connectivity index (χ1) is 19.8. The van der Waals surface area contributed by atoms with Crippen LogP contribution in [-0.4, -0.2) is 74.2 Å². The lowest BCUT2D eigenvalue weighted by Crippen LogP contribution is -2.72. The van der Waals surface area contributed by atoms with Gasteiger partial charge in [0.15, 0.2) is 10.8 Å². The molecule has 3 atom stereocenters. The fourth-order valence-corrected chi connectivity index (χ4v) is 6.44. The standard InChI is InChI=1S/C22H16ClF3N6O8S2/c23-13-12(5-9-1-3-10(4-2-9)32(38)39)42-19-15(18(35)31(19)16(13)20(36)37)29-17(34)14(30-40-7-22(24,25)26)11-6-41-21(28-11)27-8-33/h1-4,6,8,12,15,19H,5,7H2,(H,29,34)(H,36,37)(H,27,28,33)/p-1/t12?,15?,19-/m1/s1. The number of aromatic nitrogens is 1. The maximum atomic E-state index is 13.1. The average molecular weight is 648 g/mol. The van der Waals surface area contributed by atoms with E-state index in [9.17, 15) is 47.6 Å². The van der Waals surface area contributed by atoms with Crippen LogP contribution >= 0.6 is 34.7 Å². The van der Waals surface area contributed by atoms with Gasteiger partial charge < -0.3 is 25.4 Å². The van der Waals surface area contributed by atoms with Crippen molar-refractivity contribution < 1.29 is 47.2 Å². The summed E-state index contributed by atoms with van der Waals surface area (Å²) in [4.78, 5) is 67.9. The first-order valence-corrected chi connectivity index (χ1v) is 13.6. The van der Waals surface area contributed by atoms with Gasteiger partial charge in [0.2, 0.25) is 13.0 Å². The minimum absolute atomic E-state index is 0.0162. The maximum absolute atomic E-state index is 13.1. The molecule has 2 N–H and O–H groups in total. The lowest BCUT2D eigenvalue weighted by atomic mass is 10.0. The second kappa shape index (κ2) is 12.3. The quantitative estimate of drug-likeness (QED) is 0.117. The number of oxime groups is 1. The molecule has 2 aromatic rings. The van der Waals surface area contributed by atoms with Crippen molar-refractivity contribution in [2.45, 2.75) is 29.3 Å².